The first-order valence-electron chi connectivity index (χ1n) is 4.78. The molecular weight excluding hydrogens is 210 g/mol. The van der Waals surface area contributed by atoms with Gasteiger partial charge in [0.25, 0.3) is 0 Å². The van der Waals surface area contributed by atoms with E-state index in [0.29, 0.717) is 6.54 Å². The molecule has 0 radical (unpaired) electrons. The summed E-state index contributed by atoms with van der Waals surface area (Å²) in [6, 6.07) is 5.81. The highest BCUT2D eigenvalue weighted by atomic mass is 32.2. The van der Waals surface area contributed by atoms with Crippen LogP contribution in [0.25, 0.3) is 0 Å². The largest absolute Gasteiger partial charge is 0.495 e. The van der Waals surface area contributed by atoms with Crippen LogP contribution in [0, 0.1) is 0 Å². The Hall–Kier alpha value is -0.710. The molecule has 1 atom stereocenters. The minimum atomic E-state index is -0.531. The average molecular weight is 227 g/mol. The minimum absolute atomic E-state index is 0.522. The van der Waals surface area contributed by atoms with Crippen LogP contribution in [-0.4, -0.2) is 32.1 Å². The van der Waals surface area contributed by atoms with Crippen LogP contribution in [0.4, 0.5) is 0 Å². The van der Waals surface area contributed by atoms with Crippen molar-refractivity contribution in [2.45, 2.75) is 11.0 Å². The van der Waals surface area contributed by atoms with Crippen molar-refractivity contribution in [2.24, 2.45) is 0 Å². The molecular formula is C11H17NO2S. The van der Waals surface area contributed by atoms with Crippen LogP contribution in [0.3, 0.4) is 0 Å². The number of nitrogens with one attached hydrogen (secondary N) is 1. The Labute approximate surface area is 94.8 Å². The molecule has 0 aliphatic rings. The Morgan fingerprint density at radius 3 is 2.80 bits per heavy atom. The summed E-state index contributed by atoms with van der Waals surface area (Å²) in [6.45, 7) is 0.522. The molecule has 0 spiro atoms. The average Bonchev–Trinajstić information content (AvgIpc) is 2.28. The second kappa shape index (κ2) is 6.00. The van der Waals surface area contributed by atoms with Crippen molar-refractivity contribution in [1.82, 2.24) is 5.32 Å². The van der Waals surface area contributed by atoms with E-state index in [1.165, 1.54) is 0 Å². The number of methoxy groups -OCH3 is 1. The standard InChI is InChI=1S/C11H17NO2S/c1-12-7-9(13)8-5-4-6-10(15-3)11(8)14-2/h4-6,9,12-13H,7H2,1-3H3. The molecule has 1 unspecified atom stereocenters. The summed E-state index contributed by atoms with van der Waals surface area (Å²) in [5.74, 6) is 0.771. The molecule has 1 aromatic rings. The second-order valence-electron chi connectivity index (χ2n) is 3.16. The molecule has 2 N–H and O–H groups in total. The number of aliphatic hydroxyl groups excluding tert-OH is 1. The van der Waals surface area contributed by atoms with E-state index in [9.17, 15) is 5.11 Å². The van der Waals surface area contributed by atoms with E-state index in [-0.39, 0.29) is 0 Å². The Kier molecular flexibility index (Phi) is 4.94. The highest BCUT2D eigenvalue weighted by molar-refractivity contribution is 7.98. The van der Waals surface area contributed by atoms with E-state index < -0.39 is 6.10 Å². The van der Waals surface area contributed by atoms with Gasteiger partial charge in [-0.05, 0) is 19.4 Å². The van der Waals surface area contributed by atoms with Crippen molar-refractivity contribution in [2.75, 3.05) is 27.0 Å². The summed E-state index contributed by atoms with van der Waals surface area (Å²) >= 11 is 1.61. The van der Waals surface area contributed by atoms with E-state index in [1.54, 1.807) is 18.9 Å². The zero-order chi connectivity index (χ0) is 11.3. The fraction of sp³-hybridized carbons (Fsp3) is 0.455. The Bertz CT molecular complexity index is 317. The van der Waals surface area contributed by atoms with Crippen LogP contribution in [0.1, 0.15) is 11.7 Å². The molecule has 4 heteroatoms. The molecule has 84 valence electrons. The molecule has 0 heterocycles. The van der Waals surface area contributed by atoms with Crippen LogP contribution < -0.4 is 10.1 Å². The lowest BCUT2D eigenvalue weighted by Crippen LogP contribution is -2.17. The number of likely N-dealkylation sites (N-methyl/N-ethyl adjacent to an activating group) is 1. The maximum absolute atomic E-state index is 9.90. The third-order valence-electron chi connectivity index (χ3n) is 2.19. The van der Waals surface area contributed by atoms with Crippen molar-refractivity contribution in [3.8, 4) is 5.75 Å². The Balaban J connectivity index is 3.05. The molecule has 0 saturated carbocycles. The molecule has 0 aliphatic carbocycles. The molecule has 0 aromatic heterocycles. The number of para-hydroxylation sites is 1. The maximum atomic E-state index is 9.90. The maximum Gasteiger partial charge on any atom is 0.138 e. The molecule has 0 fully saturated rings. The van der Waals surface area contributed by atoms with E-state index in [4.69, 9.17) is 4.74 Å². The highest BCUT2D eigenvalue weighted by Gasteiger charge is 2.14. The van der Waals surface area contributed by atoms with Gasteiger partial charge in [0.05, 0.1) is 13.2 Å². The van der Waals surface area contributed by atoms with Gasteiger partial charge in [0.1, 0.15) is 5.75 Å². The minimum Gasteiger partial charge on any atom is -0.495 e. The van der Waals surface area contributed by atoms with Crippen molar-refractivity contribution in [3.05, 3.63) is 23.8 Å². The van der Waals surface area contributed by atoms with Gasteiger partial charge in [0, 0.05) is 17.0 Å². The molecule has 0 saturated heterocycles. The number of hydrogen-bond donors (Lipinski definition) is 2. The number of benzene rings is 1. The Morgan fingerprint density at radius 1 is 1.53 bits per heavy atom. The van der Waals surface area contributed by atoms with Crippen LogP contribution in [0.5, 0.6) is 5.75 Å². The van der Waals surface area contributed by atoms with Crippen molar-refractivity contribution < 1.29 is 9.84 Å². The highest BCUT2D eigenvalue weighted by Crippen LogP contribution is 2.34. The zero-order valence-corrected chi connectivity index (χ0v) is 10.1. The summed E-state index contributed by atoms with van der Waals surface area (Å²) < 4.78 is 5.33. The van der Waals surface area contributed by atoms with Crippen LogP contribution in [0.2, 0.25) is 0 Å². The van der Waals surface area contributed by atoms with Gasteiger partial charge in [-0.25, -0.2) is 0 Å². The van der Waals surface area contributed by atoms with Crippen molar-refractivity contribution in [3.63, 3.8) is 0 Å². The summed E-state index contributed by atoms with van der Waals surface area (Å²) in [7, 11) is 3.44. The number of rotatable bonds is 5. The fourth-order valence-electron chi connectivity index (χ4n) is 1.48. The zero-order valence-electron chi connectivity index (χ0n) is 9.28. The molecule has 15 heavy (non-hydrogen) atoms. The lowest BCUT2D eigenvalue weighted by atomic mass is 10.1. The predicted molar refractivity (Wildman–Crippen MR) is 63.7 cm³/mol. The first-order valence-corrected chi connectivity index (χ1v) is 6.00. The summed E-state index contributed by atoms with van der Waals surface area (Å²) in [5, 5.41) is 12.8. The molecule has 3 nitrogen and oxygen atoms in total. The van der Waals surface area contributed by atoms with Gasteiger partial charge in [-0.3, -0.25) is 0 Å². The number of ether oxygens (including phenoxy) is 1. The topological polar surface area (TPSA) is 41.5 Å². The van der Waals surface area contributed by atoms with Crippen molar-refractivity contribution in [1.29, 1.82) is 0 Å². The Morgan fingerprint density at radius 2 is 2.27 bits per heavy atom. The van der Waals surface area contributed by atoms with Crippen molar-refractivity contribution >= 4 is 11.8 Å². The lowest BCUT2D eigenvalue weighted by molar-refractivity contribution is 0.173. The smallest absolute Gasteiger partial charge is 0.138 e. The summed E-state index contributed by atoms with van der Waals surface area (Å²) in [5.41, 5.74) is 0.832. The predicted octanol–water partition coefficient (Wildman–Crippen LogP) is 1.67. The van der Waals surface area contributed by atoms with Gasteiger partial charge in [0.15, 0.2) is 0 Å². The summed E-state index contributed by atoms with van der Waals surface area (Å²) in [4.78, 5) is 1.05. The SMILES string of the molecule is CNCC(O)c1cccc(SC)c1OC. The molecule has 1 rings (SSSR count). The summed E-state index contributed by atoms with van der Waals surface area (Å²) in [6.07, 6.45) is 1.46. The lowest BCUT2D eigenvalue weighted by Gasteiger charge is -2.16. The molecule has 0 amide bonds. The fourth-order valence-corrected chi connectivity index (χ4v) is 2.08. The van der Waals surface area contributed by atoms with Crippen LogP contribution in [-0.2, 0) is 0 Å². The van der Waals surface area contributed by atoms with Gasteiger partial charge in [0.2, 0.25) is 0 Å². The van der Waals surface area contributed by atoms with Gasteiger partial charge in [-0.15, -0.1) is 11.8 Å². The first kappa shape index (κ1) is 12.4. The number of aliphatic hydroxyl groups is 1. The first-order chi connectivity index (χ1) is 7.24. The molecule has 0 aliphatic heterocycles. The van der Waals surface area contributed by atoms with Gasteiger partial charge >= 0.3 is 0 Å². The van der Waals surface area contributed by atoms with Crippen LogP contribution >= 0.6 is 11.8 Å². The van der Waals surface area contributed by atoms with E-state index in [0.717, 1.165) is 16.2 Å². The van der Waals surface area contributed by atoms with Crippen LogP contribution in [0.15, 0.2) is 23.1 Å². The molecule has 1 aromatic carbocycles. The van der Waals surface area contributed by atoms with E-state index >= 15 is 0 Å². The third kappa shape index (κ3) is 2.87. The third-order valence-corrected chi connectivity index (χ3v) is 2.95. The van der Waals surface area contributed by atoms with E-state index in [1.807, 2.05) is 31.5 Å². The quantitative estimate of drug-likeness (QED) is 0.751. The number of thioether (sulfide) groups is 1. The molecule has 0 bridgehead atoms. The van der Waals surface area contributed by atoms with E-state index in [2.05, 4.69) is 5.32 Å². The number of hydrogen-bond acceptors (Lipinski definition) is 4. The van der Waals surface area contributed by atoms with Gasteiger partial charge in [-0.1, -0.05) is 12.1 Å². The second-order valence-corrected chi connectivity index (χ2v) is 4.00. The monoisotopic (exact) mass is 227 g/mol. The van der Waals surface area contributed by atoms with Gasteiger partial charge < -0.3 is 15.2 Å². The van der Waals surface area contributed by atoms with Gasteiger partial charge in [-0.2, -0.15) is 0 Å². The normalized spacial score (nSPS) is 12.5.